The fourth-order valence-electron chi connectivity index (χ4n) is 3.20. The number of hydrogen-bond acceptors (Lipinski definition) is 5. The summed E-state index contributed by atoms with van der Waals surface area (Å²) in [7, 11) is 0. The molecule has 4 rings (SSSR count). The van der Waals surface area contributed by atoms with E-state index in [0.717, 1.165) is 4.73 Å². The lowest BCUT2D eigenvalue weighted by atomic mass is 10.1. The van der Waals surface area contributed by atoms with E-state index in [1.807, 2.05) is 0 Å². The summed E-state index contributed by atoms with van der Waals surface area (Å²) >= 11 is 24.2. The first-order valence-electron chi connectivity index (χ1n) is 9.88. The van der Waals surface area contributed by atoms with Crippen molar-refractivity contribution in [3.63, 3.8) is 0 Å². The van der Waals surface area contributed by atoms with Gasteiger partial charge in [-0.2, -0.15) is 0 Å². The Bertz CT molecular complexity index is 1450. The Kier molecular flexibility index (Phi) is 7.54. The molecular weight excluding hydrogens is 522 g/mol. The van der Waals surface area contributed by atoms with Crippen molar-refractivity contribution in [2.24, 2.45) is 5.16 Å². The van der Waals surface area contributed by atoms with Gasteiger partial charge in [0, 0.05) is 36.6 Å². The van der Waals surface area contributed by atoms with Crippen LogP contribution in [0.4, 0.5) is 0 Å². The van der Waals surface area contributed by atoms with Gasteiger partial charge in [-0.05, 0) is 30.3 Å². The van der Waals surface area contributed by atoms with Crippen LogP contribution in [0.15, 0.2) is 70.6 Å². The number of halogens is 4. The van der Waals surface area contributed by atoms with Crippen LogP contribution in [0, 0.1) is 0 Å². The molecule has 3 aromatic carbocycles. The maximum Gasteiger partial charge on any atom is 0.294 e. The molecule has 174 valence electrons. The van der Waals surface area contributed by atoms with E-state index >= 15 is 0 Å². The van der Waals surface area contributed by atoms with Crippen molar-refractivity contribution >= 4 is 63.4 Å². The number of benzene rings is 3. The van der Waals surface area contributed by atoms with Crippen molar-refractivity contribution in [2.75, 3.05) is 0 Å². The standard InChI is InChI=1S/C24H16Cl4N2O4/c25-16-7-5-14(21(27)9-16)12-33-29-11-20-18-3-1-2-4-19(18)23(31)30(24(20)32)34-13-15-6-8-17(26)10-22(15)28/h1-11,32H,12-13H2. The monoisotopic (exact) mass is 536 g/mol. The van der Waals surface area contributed by atoms with Crippen LogP contribution < -0.4 is 10.4 Å². The normalized spacial score (nSPS) is 11.3. The highest BCUT2D eigenvalue weighted by Gasteiger charge is 2.17. The molecule has 0 bridgehead atoms. The van der Waals surface area contributed by atoms with Gasteiger partial charge in [0.25, 0.3) is 5.56 Å². The van der Waals surface area contributed by atoms with E-state index in [9.17, 15) is 9.90 Å². The van der Waals surface area contributed by atoms with Crippen molar-refractivity contribution < 1.29 is 14.8 Å². The van der Waals surface area contributed by atoms with E-state index in [1.54, 1.807) is 60.7 Å². The van der Waals surface area contributed by atoms with Crippen molar-refractivity contribution in [3.05, 3.63) is 108 Å². The third-order valence-corrected chi connectivity index (χ3v) is 6.10. The van der Waals surface area contributed by atoms with Gasteiger partial charge in [0.2, 0.25) is 5.88 Å². The van der Waals surface area contributed by atoms with Crippen LogP contribution in [0.25, 0.3) is 10.8 Å². The predicted octanol–water partition coefficient (Wildman–Crippen LogP) is 6.50. The van der Waals surface area contributed by atoms with Crippen LogP contribution in [-0.4, -0.2) is 16.1 Å². The molecule has 0 saturated carbocycles. The van der Waals surface area contributed by atoms with Gasteiger partial charge in [0.05, 0.1) is 17.2 Å². The van der Waals surface area contributed by atoms with Gasteiger partial charge in [-0.3, -0.25) is 4.79 Å². The van der Waals surface area contributed by atoms with E-state index in [2.05, 4.69) is 5.16 Å². The van der Waals surface area contributed by atoms with Gasteiger partial charge in [0.15, 0.2) is 0 Å². The van der Waals surface area contributed by atoms with Gasteiger partial charge in [-0.25, -0.2) is 0 Å². The molecule has 0 aliphatic rings. The summed E-state index contributed by atoms with van der Waals surface area (Å²) in [5, 5.41) is 17.4. The van der Waals surface area contributed by atoms with Crippen molar-refractivity contribution in [1.82, 2.24) is 4.73 Å². The SMILES string of the molecule is O=c1c2ccccc2c(C=NOCc2ccc(Cl)cc2Cl)c(O)n1OCc1ccc(Cl)cc1Cl. The van der Waals surface area contributed by atoms with Crippen LogP contribution >= 0.6 is 46.4 Å². The zero-order valence-electron chi connectivity index (χ0n) is 17.3. The van der Waals surface area contributed by atoms with Gasteiger partial charge < -0.3 is 14.8 Å². The molecule has 1 aromatic heterocycles. The maximum atomic E-state index is 13.0. The lowest BCUT2D eigenvalue weighted by molar-refractivity contribution is 0.0720. The highest BCUT2D eigenvalue weighted by molar-refractivity contribution is 6.35. The predicted molar refractivity (Wildman–Crippen MR) is 135 cm³/mol. The largest absolute Gasteiger partial charge is 0.492 e. The summed E-state index contributed by atoms with van der Waals surface area (Å²) in [6.45, 7) is 0.000357. The van der Waals surface area contributed by atoms with Crippen molar-refractivity contribution in [2.45, 2.75) is 13.2 Å². The molecule has 4 aromatic rings. The molecule has 34 heavy (non-hydrogen) atoms. The van der Waals surface area contributed by atoms with Crippen LogP contribution in [-0.2, 0) is 18.1 Å². The Morgan fingerprint density at radius 2 is 1.44 bits per heavy atom. The molecule has 0 radical (unpaired) electrons. The summed E-state index contributed by atoms with van der Waals surface area (Å²) in [5.74, 6) is -0.439. The summed E-state index contributed by atoms with van der Waals surface area (Å²) in [6, 6.07) is 16.7. The molecule has 1 heterocycles. The van der Waals surface area contributed by atoms with Crippen LogP contribution in [0.2, 0.25) is 20.1 Å². The zero-order chi connectivity index (χ0) is 24.2. The lowest BCUT2D eigenvalue weighted by Crippen LogP contribution is -2.28. The van der Waals surface area contributed by atoms with Gasteiger partial charge in [-0.15, -0.1) is 4.73 Å². The molecule has 10 heteroatoms. The number of nitrogens with zero attached hydrogens (tertiary/aromatic N) is 2. The van der Waals surface area contributed by atoms with E-state index in [4.69, 9.17) is 56.1 Å². The Morgan fingerprint density at radius 1 is 0.853 bits per heavy atom. The molecule has 0 unspecified atom stereocenters. The molecule has 6 nitrogen and oxygen atoms in total. The molecule has 0 fully saturated rings. The van der Waals surface area contributed by atoms with Crippen molar-refractivity contribution in [3.8, 4) is 5.88 Å². The smallest absolute Gasteiger partial charge is 0.294 e. The quantitative estimate of drug-likeness (QED) is 0.216. The van der Waals surface area contributed by atoms with Crippen molar-refractivity contribution in [1.29, 1.82) is 0 Å². The zero-order valence-corrected chi connectivity index (χ0v) is 20.4. The molecule has 0 atom stereocenters. The Morgan fingerprint density at radius 3 is 2.06 bits per heavy atom. The van der Waals surface area contributed by atoms with Gasteiger partial charge >= 0.3 is 0 Å². The minimum atomic E-state index is -0.538. The van der Waals surface area contributed by atoms with E-state index in [1.165, 1.54) is 6.21 Å². The number of fused-ring (bicyclic) bond motifs is 1. The second-order valence-electron chi connectivity index (χ2n) is 7.14. The number of hydrogen-bond donors (Lipinski definition) is 1. The average Bonchev–Trinajstić information content (AvgIpc) is 2.81. The van der Waals surface area contributed by atoms with E-state index < -0.39 is 11.4 Å². The van der Waals surface area contributed by atoms with Crippen LogP contribution in [0.5, 0.6) is 5.88 Å². The summed E-state index contributed by atoms with van der Waals surface area (Å²) in [6.07, 6.45) is 1.30. The van der Waals surface area contributed by atoms with Crippen LogP contribution in [0.3, 0.4) is 0 Å². The maximum absolute atomic E-state index is 13.0. The number of oxime groups is 1. The first-order valence-corrected chi connectivity index (χ1v) is 11.4. The summed E-state index contributed by atoms with van der Waals surface area (Å²) < 4.78 is 0.796. The molecule has 0 aliphatic carbocycles. The number of pyridine rings is 1. The van der Waals surface area contributed by atoms with Gasteiger partial charge in [0.1, 0.15) is 13.2 Å². The van der Waals surface area contributed by atoms with Crippen LogP contribution in [0.1, 0.15) is 16.7 Å². The second-order valence-corrected chi connectivity index (χ2v) is 8.82. The molecule has 0 spiro atoms. The lowest BCUT2D eigenvalue weighted by Gasteiger charge is -2.14. The third-order valence-electron chi connectivity index (χ3n) is 4.92. The highest BCUT2D eigenvalue weighted by atomic mass is 35.5. The third kappa shape index (κ3) is 5.26. The fraction of sp³-hybridized carbons (Fsp3) is 0.0833. The molecule has 0 saturated heterocycles. The summed E-state index contributed by atoms with van der Waals surface area (Å²) in [4.78, 5) is 23.9. The van der Waals surface area contributed by atoms with E-state index in [0.29, 0.717) is 42.0 Å². The average molecular weight is 538 g/mol. The Hall–Kier alpha value is -2.90. The topological polar surface area (TPSA) is 73.0 Å². The molecule has 1 N–H and O–H groups in total. The minimum absolute atomic E-state index is 0.0794. The van der Waals surface area contributed by atoms with Gasteiger partial charge in [-0.1, -0.05) is 81.9 Å². The summed E-state index contributed by atoms with van der Waals surface area (Å²) in [5.41, 5.74) is 0.971. The number of rotatable bonds is 7. The number of aromatic hydroxyl groups is 1. The Labute approximate surface area is 214 Å². The Balaban J connectivity index is 1.63. The first-order chi connectivity index (χ1) is 16.3. The number of aromatic nitrogens is 1. The fourth-order valence-corrected chi connectivity index (χ4v) is 4.12. The second kappa shape index (κ2) is 10.6. The molecule has 0 amide bonds. The highest BCUT2D eigenvalue weighted by Crippen LogP contribution is 2.25. The first kappa shape index (κ1) is 24.2. The van der Waals surface area contributed by atoms with E-state index in [-0.39, 0.29) is 18.8 Å². The molecule has 0 aliphatic heterocycles. The minimum Gasteiger partial charge on any atom is -0.492 e. The molecular formula is C24H16Cl4N2O4.